The van der Waals surface area contributed by atoms with Crippen LogP contribution in [0.15, 0.2) is 36.0 Å². The molecule has 1 N–H and O–H groups in total. The van der Waals surface area contributed by atoms with Crippen molar-refractivity contribution in [2.75, 3.05) is 19.6 Å². The van der Waals surface area contributed by atoms with Gasteiger partial charge in [0.2, 0.25) is 5.91 Å². The van der Waals surface area contributed by atoms with E-state index in [4.69, 9.17) is 0 Å². The number of hydrogen-bond donors (Lipinski definition) is 1. The highest BCUT2D eigenvalue weighted by atomic mass is 32.1. The highest BCUT2D eigenvalue weighted by Crippen LogP contribution is 2.32. The highest BCUT2D eigenvalue weighted by Gasteiger charge is 2.43. The van der Waals surface area contributed by atoms with E-state index in [1.54, 1.807) is 29.8 Å². The van der Waals surface area contributed by atoms with Gasteiger partial charge in [-0.2, -0.15) is 5.01 Å². The number of thiophene rings is 1. The van der Waals surface area contributed by atoms with E-state index >= 15 is 0 Å². The zero-order valence-corrected chi connectivity index (χ0v) is 20.3. The van der Waals surface area contributed by atoms with Crippen LogP contribution in [0.2, 0.25) is 0 Å². The normalized spacial score (nSPS) is 18.6. The maximum Gasteiger partial charge on any atom is 0.343 e. The van der Waals surface area contributed by atoms with Gasteiger partial charge in [0.1, 0.15) is 11.2 Å². The van der Waals surface area contributed by atoms with Crippen LogP contribution in [-0.2, 0) is 11.3 Å². The molecular formula is C25H22N6O4S. The number of urea groups is 1. The number of aromatic nitrogens is 2. The third kappa shape index (κ3) is 3.67. The van der Waals surface area contributed by atoms with Crippen LogP contribution >= 0.6 is 11.3 Å². The summed E-state index contributed by atoms with van der Waals surface area (Å²) >= 11 is 1.63. The summed E-state index contributed by atoms with van der Waals surface area (Å²) in [5.74, 6) is -1.54. The predicted octanol–water partition coefficient (Wildman–Crippen LogP) is 2.74. The van der Waals surface area contributed by atoms with Crippen molar-refractivity contribution in [1.82, 2.24) is 30.2 Å². The van der Waals surface area contributed by atoms with E-state index < -0.39 is 23.8 Å². The van der Waals surface area contributed by atoms with Crippen molar-refractivity contribution in [2.24, 2.45) is 0 Å². The van der Waals surface area contributed by atoms with Crippen molar-refractivity contribution in [3.05, 3.63) is 63.9 Å². The van der Waals surface area contributed by atoms with Gasteiger partial charge in [-0.3, -0.25) is 24.6 Å². The van der Waals surface area contributed by atoms with Crippen LogP contribution in [0.5, 0.6) is 0 Å². The zero-order valence-electron chi connectivity index (χ0n) is 19.5. The second-order valence-electron chi connectivity index (χ2n) is 9.06. The number of fused-ring (bicyclic) bond motifs is 2. The standard InChI is InChI=1S/C25H22N6O4S/c1-14-12-36-22-20(14)21(26-13-27-22)16-4-7-29(8-5-16)11-15-2-3-17-18(10-15)24(34)31(23(17)33)30-9-6-19(32)28-25(30)35/h2-4,10,12-13H,5-9,11H2,1H3,(H,28,32,35). The number of rotatable bonds is 4. The molecule has 10 nitrogen and oxygen atoms in total. The van der Waals surface area contributed by atoms with Gasteiger partial charge >= 0.3 is 6.03 Å². The van der Waals surface area contributed by atoms with Crippen molar-refractivity contribution >= 4 is 50.9 Å². The Hall–Kier alpha value is -3.96. The lowest BCUT2D eigenvalue weighted by Gasteiger charge is -2.32. The number of hydrazine groups is 1. The molecule has 1 fully saturated rings. The first-order valence-electron chi connectivity index (χ1n) is 11.6. The SMILES string of the molecule is Cc1csc2ncnc(C3=CCN(Cc4ccc5c(c4)C(=O)N(N4CCC(=O)NC4=O)C5=O)CC3)c12. The van der Waals surface area contributed by atoms with Crippen molar-refractivity contribution in [2.45, 2.75) is 26.3 Å². The van der Waals surface area contributed by atoms with E-state index in [0.717, 1.165) is 51.0 Å². The fourth-order valence-electron chi connectivity index (χ4n) is 4.93. The Kier molecular flexibility index (Phi) is 5.38. The smallest absolute Gasteiger partial charge is 0.295 e. The van der Waals surface area contributed by atoms with Gasteiger partial charge in [-0.25, -0.2) is 19.8 Å². The number of benzene rings is 1. The third-order valence-electron chi connectivity index (χ3n) is 6.76. The molecule has 6 rings (SSSR count). The molecule has 11 heteroatoms. The minimum Gasteiger partial charge on any atom is -0.295 e. The topological polar surface area (TPSA) is 116 Å². The Balaban J connectivity index is 1.18. The molecule has 3 aromatic rings. The molecule has 36 heavy (non-hydrogen) atoms. The van der Waals surface area contributed by atoms with Crippen LogP contribution in [0, 0.1) is 6.92 Å². The Morgan fingerprint density at radius 1 is 1.03 bits per heavy atom. The molecule has 1 saturated heterocycles. The quantitative estimate of drug-likeness (QED) is 0.546. The van der Waals surface area contributed by atoms with E-state index in [1.807, 2.05) is 6.07 Å². The van der Waals surface area contributed by atoms with E-state index in [1.165, 1.54) is 11.1 Å². The number of imide groups is 2. The zero-order chi connectivity index (χ0) is 25.0. The summed E-state index contributed by atoms with van der Waals surface area (Å²) in [6.45, 7) is 4.25. The van der Waals surface area contributed by atoms with E-state index in [2.05, 4.69) is 38.6 Å². The number of nitrogens with zero attached hydrogens (tertiary/aromatic N) is 5. The Morgan fingerprint density at radius 3 is 2.64 bits per heavy atom. The maximum atomic E-state index is 13.1. The van der Waals surface area contributed by atoms with Gasteiger partial charge in [-0.05, 0) is 47.6 Å². The molecule has 5 amide bonds. The second kappa shape index (κ2) is 8.61. The van der Waals surface area contributed by atoms with Crippen LogP contribution in [0.3, 0.4) is 0 Å². The summed E-state index contributed by atoms with van der Waals surface area (Å²) in [5, 5.41) is 7.22. The van der Waals surface area contributed by atoms with E-state index in [0.29, 0.717) is 6.54 Å². The molecule has 0 spiro atoms. The van der Waals surface area contributed by atoms with Crippen molar-refractivity contribution in [3.8, 4) is 0 Å². The van der Waals surface area contributed by atoms with Crippen molar-refractivity contribution in [3.63, 3.8) is 0 Å². The third-order valence-corrected chi connectivity index (χ3v) is 7.76. The van der Waals surface area contributed by atoms with Gasteiger partial charge < -0.3 is 0 Å². The Morgan fingerprint density at radius 2 is 1.86 bits per heavy atom. The molecule has 1 aromatic carbocycles. The lowest BCUT2D eigenvalue weighted by atomic mass is 10.00. The van der Waals surface area contributed by atoms with Crippen LogP contribution in [0.25, 0.3) is 15.8 Å². The number of aryl methyl sites for hydroxylation is 1. The molecular weight excluding hydrogens is 480 g/mol. The van der Waals surface area contributed by atoms with Gasteiger partial charge in [-0.1, -0.05) is 12.1 Å². The number of hydrogen-bond acceptors (Lipinski definition) is 8. The summed E-state index contributed by atoms with van der Waals surface area (Å²) < 4.78 is 0. The van der Waals surface area contributed by atoms with Crippen LogP contribution in [0.1, 0.15) is 50.4 Å². The molecule has 0 bridgehead atoms. The van der Waals surface area contributed by atoms with Crippen LogP contribution in [-0.4, -0.2) is 68.3 Å². The van der Waals surface area contributed by atoms with E-state index in [-0.39, 0.29) is 24.1 Å². The minimum absolute atomic E-state index is 0.0189. The average Bonchev–Trinajstić information content (AvgIpc) is 3.37. The van der Waals surface area contributed by atoms with Gasteiger partial charge in [0.05, 0.1) is 23.4 Å². The first-order valence-corrected chi connectivity index (χ1v) is 12.5. The molecule has 3 aliphatic heterocycles. The molecule has 0 saturated carbocycles. The number of nitrogens with one attached hydrogen (secondary N) is 1. The predicted molar refractivity (Wildman–Crippen MR) is 132 cm³/mol. The van der Waals surface area contributed by atoms with E-state index in [9.17, 15) is 19.2 Å². The largest absolute Gasteiger partial charge is 0.343 e. The summed E-state index contributed by atoms with van der Waals surface area (Å²) in [6, 6.07) is 4.44. The van der Waals surface area contributed by atoms with Gasteiger partial charge in [0.15, 0.2) is 0 Å². The second-order valence-corrected chi connectivity index (χ2v) is 9.92. The maximum absolute atomic E-state index is 13.1. The fraction of sp³-hybridized carbons (Fsp3) is 0.280. The van der Waals surface area contributed by atoms with Gasteiger partial charge in [-0.15, -0.1) is 11.3 Å². The number of amides is 5. The lowest BCUT2D eigenvalue weighted by molar-refractivity contribution is -0.122. The average molecular weight is 503 g/mol. The molecule has 0 aliphatic carbocycles. The van der Waals surface area contributed by atoms with Crippen molar-refractivity contribution < 1.29 is 19.2 Å². The first kappa shape index (κ1) is 22.5. The van der Waals surface area contributed by atoms with Crippen LogP contribution < -0.4 is 5.32 Å². The number of carbonyl (C=O) groups excluding carboxylic acids is 4. The monoisotopic (exact) mass is 502 g/mol. The van der Waals surface area contributed by atoms with Gasteiger partial charge in [0.25, 0.3) is 11.8 Å². The Bertz CT molecular complexity index is 1490. The van der Waals surface area contributed by atoms with Crippen LogP contribution in [0.4, 0.5) is 4.79 Å². The fourth-order valence-corrected chi connectivity index (χ4v) is 5.82. The molecule has 0 radical (unpaired) electrons. The van der Waals surface area contributed by atoms with Crippen molar-refractivity contribution in [1.29, 1.82) is 0 Å². The summed E-state index contributed by atoms with van der Waals surface area (Å²) in [6.07, 6.45) is 4.70. The minimum atomic E-state index is -0.768. The molecule has 182 valence electrons. The summed E-state index contributed by atoms with van der Waals surface area (Å²) in [7, 11) is 0. The molecule has 2 aromatic heterocycles. The molecule has 3 aliphatic rings. The number of carbonyl (C=O) groups is 4. The lowest BCUT2D eigenvalue weighted by Crippen LogP contribution is -2.58. The van der Waals surface area contributed by atoms with Gasteiger partial charge in [0, 0.05) is 31.4 Å². The molecule has 0 unspecified atom stereocenters. The summed E-state index contributed by atoms with van der Waals surface area (Å²) in [4.78, 5) is 61.8. The highest BCUT2D eigenvalue weighted by molar-refractivity contribution is 7.17. The summed E-state index contributed by atoms with van der Waals surface area (Å²) in [5.41, 5.74) is 4.84. The first-order chi connectivity index (χ1) is 17.4. The molecule has 5 heterocycles. The Labute approximate surface area is 210 Å². The molecule has 0 atom stereocenters.